The van der Waals surface area contributed by atoms with Crippen molar-refractivity contribution in [2.24, 2.45) is 0 Å². The van der Waals surface area contributed by atoms with E-state index in [1.165, 1.54) is 0 Å². The third-order valence-corrected chi connectivity index (χ3v) is 2.98. The Labute approximate surface area is 82.6 Å². The Kier molecular flexibility index (Phi) is 1.85. The zero-order valence-corrected chi connectivity index (χ0v) is 8.28. The summed E-state index contributed by atoms with van der Waals surface area (Å²) in [5.41, 5.74) is 0.492. The van der Waals surface area contributed by atoms with Gasteiger partial charge in [-0.15, -0.1) is 0 Å². The van der Waals surface area contributed by atoms with Gasteiger partial charge in [-0.3, -0.25) is 4.79 Å². The molecule has 1 aromatic carbocycles. The maximum atomic E-state index is 11.2. The van der Waals surface area contributed by atoms with Crippen LogP contribution in [0.25, 0.3) is 0 Å². The lowest BCUT2D eigenvalue weighted by Crippen LogP contribution is -1.99. The molecule has 2 rings (SSSR count). The highest BCUT2D eigenvalue weighted by molar-refractivity contribution is 9.10. The van der Waals surface area contributed by atoms with Gasteiger partial charge in [-0.05, 0) is 28.1 Å². The Balaban J connectivity index is 2.71. The maximum absolute atomic E-state index is 11.2. The first kappa shape index (κ1) is 8.08. The molecular formula is C8H4BrClO2. The molecule has 0 amide bonds. The molecule has 4 heteroatoms. The summed E-state index contributed by atoms with van der Waals surface area (Å²) in [6, 6.07) is 3.50. The van der Waals surface area contributed by atoms with Crippen LogP contribution in [0.4, 0.5) is 0 Å². The predicted molar refractivity (Wildman–Crippen MR) is 49.0 cm³/mol. The molecule has 0 aliphatic carbocycles. The summed E-state index contributed by atoms with van der Waals surface area (Å²) in [5.74, 6) is 0.518. The fraction of sp³-hybridized carbons (Fsp3) is 0.125. The van der Waals surface area contributed by atoms with E-state index < -0.39 is 0 Å². The molecule has 12 heavy (non-hydrogen) atoms. The fourth-order valence-corrected chi connectivity index (χ4v) is 1.72. The highest BCUT2D eigenvalue weighted by Crippen LogP contribution is 2.36. The molecule has 0 aromatic heterocycles. The average Bonchev–Trinajstić information content (AvgIpc) is 2.41. The molecule has 0 unspecified atom stereocenters. The van der Waals surface area contributed by atoms with Gasteiger partial charge in [0.1, 0.15) is 5.75 Å². The van der Waals surface area contributed by atoms with Crippen molar-refractivity contribution in [1.29, 1.82) is 0 Å². The van der Waals surface area contributed by atoms with E-state index in [4.69, 9.17) is 16.3 Å². The Bertz CT molecular complexity index is 362. The minimum absolute atomic E-state index is 0.0590. The predicted octanol–water partition coefficient (Wildman–Crippen LogP) is 2.68. The monoisotopic (exact) mass is 246 g/mol. The van der Waals surface area contributed by atoms with Crippen LogP contribution < -0.4 is 4.74 Å². The second-order valence-corrected chi connectivity index (χ2v) is 3.68. The van der Waals surface area contributed by atoms with Gasteiger partial charge in [0.25, 0.3) is 0 Å². The zero-order valence-electron chi connectivity index (χ0n) is 5.93. The number of ether oxygens (including phenoxy) is 1. The van der Waals surface area contributed by atoms with Gasteiger partial charge in [-0.25, -0.2) is 0 Å². The van der Waals surface area contributed by atoms with Crippen molar-refractivity contribution >= 4 is 33.3 Å². The first-order valence-electron chi connectivity index (χ1n) is 3.34. The highest BCUT2D eigenvalue weighted by atomic mass is 79.9. The second-order valence-electron chi connectivity index (χ2n) is 2.45. The number of halogens is 2. The van der Waals surface area contributed by atoms with Crippen LogP contribution in [0.1, 0.15) is 10.4 Å². The number of hydrogen-bond donors (Lipinski definition) is 0. The quantitative estimate of drug-likeness (QED) is 0.704. The van der Waals surface area contributed by atoms with Gasteiger partial charge in [0, 0.05) is 4.47 Å². The fourth-order valence-electron chi connectivity index (χ4n) is 1.13. The highest BCUT2D eigenvalue weighted by Gasteiger charge is 2.25. The van der Waals surface area contributed by atoms with Crippen molar-refractivity contribution in [3.63, 3.8) is 0 Å². The summed E-state index contributed by atoms with van der Waals surface area (Å²) in [7, 11) is 0. The summed E-state index contributed by atoms with van der Waals surface area (Å²) < 4.78 is 5.82. The number of Topliss-reactive ketones (excluding diaryl/α,β-unsaturated/α-hetero) is 1. The molecule has 0 saturated heterocycles. The number of benzene rings is 1. The molecule has 62 valence electrons. The Morgan fingerprint density at radius 3 is 3.00 bits per heavy atom. The lowest BCUT2D eigenvalue weighted by Gasteiger charge is -2.00. The van der Waals surface area contributed by atoms with E-state index in [0.29, 0.717) is 16.3 Å². The number of ketones is 1. The third-order valence-electron chi connectivity index (χ3n) is 1.69. The van der Waals surface area contributed by atoms with Crippen molar-refractivity contribution in [1.82, 2.24) is 0 Å². The van der Waals surface area contributed by atoms with Crippen molar-refractivity contribution in [2.75, 3.05) is 6.61 Å². The Hall–Kier alpha value is -0.540. The second kappa shape index (κ2) is 2.75. The lowest BCUT2D eigenvalue weighted by atomic mass is 10.1. The van der Waals surface area contributed by atoms with Gasteiger partial charge < -0.3 is 4.74 Å². The molecule has 0 radical (unpaired) electrons. The maximum Gasteiger partial charge on any atom is 0.205 e. The van der Waals surface area contributed by atoms with Crippen molar-refractivity contribution in [3.05, 3.63) is 27.2 Å². The van der Waals surface area contributed by atoms with Crippen molar-refractivity contribution < 1.29 is 9.53 Å². The minimum atomic E-state index is -0.0590. The number of carbonyl (C=O) groups excluding carboxylic acids is 1. The van der Waals surface area contributed by atoms with Crippen LogP contribution in [0.5, 0.6) is 5.75 Å². The molecule has 2 nitrogen and oxygen atoms in total. The van der Waals surface area contributed by atoms with E-state index >= 15 is 0 Å². The smallest absolute Gasteiger partial charge is 0.205 e. The summed E-state index contributed by atoms with van der Waals surface area (Å²) >= 11 is 9.12. The zero-order chi connectivity index (χ0) is 8.72. The van der Waals surface area contributed by atoms with Crippen LogP contribution in [-0.2, 0) is 0 Å². The van der Waals surface area contributed by atoms with Crippen LogP contribution in [0.3, 0.4) is 0 Å². The SMILES string of the molecule is O=C1COc2ccc(Br)c(Cl)c21. The number of carbonyl (C=O) groups is 1. The van der Waals surface area contributed by atoms with E-state index in [0.717, 1.165) is 4.47 Å². The summed E-state index contributed by atoms with van der Waals surface area (Å²) in [6.45, 7) is 0.103. The number of hydrogen-bond acceptors (Lipinski definition) is 2. The summed E-state index contributed by atoms with van der Waals surface area (Å²) in [6.07, 6.45) is 0. The van der Waals surface area contributed by atoms with E-state index in [1.807, 2.05) is 0 Å². The molecule has 1 aliphatic heterocycles. The minimum Gasteiger partial charge on any atom is -0.485 e. The largest absolute Gasteiger partial charge is 0.485 e. The average molecular weight is 247 g/mol. The molecule has 0 fully saturated rings. The topological polar surface area (TPSA) is 26.3 Å². The number of fused-ring (bicyclic) bond motifs is 1. The van der Waals surface area contributed by atoms with E-state index in [-0.39, 0.29) is 12.4 Å². The Morgan fingerprint density at radius 1 is 1.50 bits per heavy atom. The standard InChI is InChI=1S/C8H4BrClO2/c9-4-1-2-6-7(8(4)10)5(11)3-12-6/h1-2H,3H2. The van der Waals surface area contributed by atoms with E-state index in [1.54, 1.807) is 12.1 Å². The van der Waals surface area contributed by atoms with Gasteiger partial charge in [0.05, 0.1) is 10.6 Å². The summed E-state index contributed by atoms with van der Waals surface area (Å²) in [5, 5.41) is 0.440. The van der Waals surface area contributed by atoms with Crippen LogP contribution in [-0.4, -0.2) is 12.4 Å². The van der Waals surface area contributed by atoms with Crippen molar-refractivity contribution in [3.8, 4) is 5.75 Å². The summed E-state index contributed by atoms with van der Waals surface area (Å²) in [4.78, 5) is 11.2. The first-order chi connectivity index (χ1) is 5.70. The van der Waals surface area contributed by atoms with Gasteiger partial charge in [0.15, 0.2) is 6.61 Å². The molecule has 0 saturated carbocycles. The van der Waals surface area contributed by atoms with Crippen molar-refractivity contribution in [2.45, 2.75) is 0 Å². The number of rotatable bonds is 0. The molecule has 1 aliphatic rings. The molecule has 1 aromatic rings. The third kappa shape index (κ3) is 1.04. The van der Waals surface area contributed by atoms with Gasteiger partial charge in [-0.1, -0.05) is 11.6 Å². The molecule has 0 bridgehead atoms. The lowest BCUT2D eigenvalue weighted by molar-refractivity contribution is 0.0961. The molecule has 0 atom stereocenters. The molecular weight excluding hydrogens is 243 g/mol. The first-order valence-corrected chi connectivity index (χ1v) is 4.51. The van der Waals surface area contributed by atoms with Gasteiger partial charge in [-0.2, -0.15) is 0 Å². The molecule has 1 heterocycles. The van der Waals surface area contributed by atoms with E-state index in [2.05, 4.69) is 15.9 Å². The normalized spacial score (nSPS) is 14.3. The molecule has 0 spiro atoms. The van der Waals surface area contributed by atoms with Crippen LogP contribution in [0, 0.1) is 0 Å². The van der Waals surface area contributed by atoms with Crippen LogP contribution >= 0.6 is 27.5 Å². The molecule has 0 N–H and O–H groups in total. The Morgan fingerprint density at radius 2 is 2.25 bits per heavy atom. The van der Waals surface area contributed by atoms with Crippen LogP contribution in [0.15, 0.2) is 16.6 Å². The van der Waals surface area contributed by atoms with Crippen LogP contribution in [0.2, 0.25) is 5.02 Å². The van der Waals surface area contributed by atoms with Gasteiger partial charge in [0.2, 0.25) is 5.78 Å². The van der Waals surface area contributed by atoms with Gasteiger partial charge >= 0.3 is 0 Å². The van der Waals surface area contributed by atoms with E-state index in [9.17, 15) is 4.79 Å².